The SMILES string of the molecule is Brc1ccc(C2COC2)s1. The van der Waals surface area contributed by atoms with Crippen LogP contribution in [0.1, 0.15) is 10.8 Å². The quantitative estimate of drug-likeness (QED) is 0.705. The molecule has 1 nitrogen and oxygen atoms in total. The summed E-state index contributed by atoms with van der Waals surface area (Å²) in [7, 11) is 0. The van der Waals surface area contributed by atoms with Crippen molar-refractivity contribution in [2.75, 3.05) is 13.2 Å². The van der Waals surface area contributed by atoms with Gasteiger partial charge in [-0.2, -0.15) is 0 Å². The molecule has 0 saturated carbocycles. The van der Waals surface area contributed by atoms with Crippen LogP contribution in [-0.4, -0.2) is 13.2 Å². The first-order chi connectivity index (χ1) is 4.86. The van der Waals surface area contributed by atoms with E-state index in [2.05, 4.69) is 28.1 Å². The monoisotopic (exact) mass is 218 g/mol. The van der Waals surface area contributed by atoms with Crippen molar-refractivity contribution in [3.63, 3.8) is 0 Å². The fourth-order valence-corrected chi connectivity index (χ4v) is 2.44. The van der Waals surface area contributed by atoms with Gasteiger partial charge in [0, 0.05) is 10.8 Å². The van der Waals surface area contributed by atoms with Gasteiger partial charge in [0.2, 0.25) is 0 Å². The van der Waals surface area contributed by atoms with Crippen molar-refractivity contribution < 1.29 is 4.74 Å². The van der Waals surface area contributed by atoms with Crippen molar-refractivity contribution in [1.82, 2.24) is 0 Å². The largest absolute Gasteiger partial charge is 0.380 e. The van der Waals surface area contributed by atoms with E-state index in [4.69, 9.17) is 4.74 Å². The zero-order valence-electron chi connectivity index (χ0n) is 5.34. The number of thiophene rings is 1. The Labute approximate surface area is 72.1 Å². The molecule has 1 saturated heterocycles. The molecule has 1 fully saturated rings. The summed E-state index contributed by atoms with van der Waals surface area (Å²) in [6, 6.07) is 4.26. The average Bonchev–Trinajstić information content (AvgIpc) is 2.10. The van der Waals surface area contributed by atoms with E-state index in [0.717, 1.165) is 13.2 Å². The topological polar surface area (TPSA) is 9.23 Å². The summed E-state index contributed by atoms with van der Waals surface area (Å²) in [5.74, 6) is 0.677. The molecule has 1 aliphatic heterocycles. The Kier molecular flexibility index (Phi) is 1.80. The van der Waals surface area contributed by atoms with E-state index >= 15 is 0 Å². The fraction of sp³-hybridized carbons (Fsp3) is 0.429. The van der Waals surface area contributed by atoms with Gasteiger partial charge in [0.1, 0.15) is 0 Å². The third kappa shape index (κ3) is 1.13. The van der Waals surface area contributed by atoms with E-state index in [-0.39, 0.29) is 0 Å². The molecule has 0 atom stereocenters. The lowest BCUT2D eigenvalue weighted by Crippen LogP contribution is -2.23. The van der Waals surface area contributed by atoms with Gasteiger partial charge >= 0.3 is 0 Å². The molecule has 0 radical (unpaired) electrons. The van der Waals surface area contributed by atoms with Gasteiger partial charge in [0.05, 0.1) is 17.0 Å². The number of rotatable bonds is 1. The molecule has 10 heavy (non-hydrogen) atoms. The fourth-order valence-electron chi connectivity index (χ4n) is 0.948. The van der Waals surface area contributed by atoms with E-state index in [9.17, 15) is 0 Å². The third-order valence-electron chi connectivity index (χ3n) is 1.63. The van der Waals surface area contributed by atoms with Crippen LogP contribution in [0.3, 0.4) is 0 Å². The molecule has 0 aliphatic carbocycles. The molecule has 1 aliphatic rings. The van der Waals surface area contributed by atoms with Crippen LogP contribution in [0.2, 0.25) is 0 Å². The van der Waals surface area contributed by atoms with Gasteiger partial charge in [0.25, 0.3) is 0 Å². The van der Waals surface area contributed by atoms with Gasteiger partial charge in [-0.15, -0.1) is 11.3 Å². The summed E-state index contributed by atoms with van der Waals surface area (Å²) >= 11 is 5.24. The third-order valence-corrected chi connectivity index (χ3v) is 3.42. The standard InChI is InChI=1S/C7H7BrOS/c8-7-2-1-6(10-7)5-3-9-4-5/h1-2,5H,3-4H2. The van der Waals surface area contributed by atoms with Crippen molar-refractivity contribution >= 4 is 27.3 Å². The molecule has 1 aromatic heterocycles. The number of hydrogen-bond acceptors (Lipinski definition) is 2. The predicted octanol–water partition coefficient (Wildman–Crippen LogP) is 2.62. The highest BCUT2D eigenvalue weighted by Crippen LogP contribution is 2.32. The van der Waals surface area contributed by atoms with Crippen molar-refractivity contribution in [1.29, 1.82) is 0 Å². The molecule has 0 bridgehead atoms. The number of ether oxygens (including phenoxy) is 1. The summed E-state index contributed by atoms with van der Waals surface area (Å²) in [6.45, 7) is 1.82. The highest BCUT2D eigenvalue weighted by atomic mass is 79.9. The summed E-state index contributed by atoms with van der Waals surface area (Å²) in [6.07, 6.45) is 0. The molecule has 0 spiro atoms. The molecule has 2 rings (SSSR count). The number of hydrogen-bond donors (Lipinski definition) is 0. The smallest absolute Gasteiger partial charge is 0.0701 e. The van der Waals surface area contributed by atoms with Gasteiger partial charge in [-0.3, -0.25) is 0 Å². The Bertz CT molecular complexity index is 229. The van der Waals surface area contributed by atoms with Gasteiger partial charge in [-0.25, -0.2) is 0 Å². The molecule has 0 aromatic carbocycles. The maximum atomic E-state index is 5.09. The number of halogens is 1. The predicted molar refractivity (Wildman–Crippen MR) is 45.6 cm³/mol. The Balaban J connectivity index is 2.17. The van der Waals surface area contributed by atoms with Crippen LogP contribution in [0.5, 0.6) is 0 Å². The lowest BCUT2D eigenvalue weighted by molar-refractivity contribution is 0.00988. The Hall–Kier alpha value is 0.140. The van der Waals surface area contributed by atoms with Crippen LogP contribution in [-0.2, 0) is 4.74 Å². The van der Waals surface area contributed by atoms with Crippen LogP contribution in [0, 0.1) is 0 Å². The van der Waals surface area contributed by atoms with Crippen molar-refractivity contribution in [2.24, 2.45) is 0 Å². The van der Waals surface area contributed by atoms with E-state index in [1.807, 2.05) is 11.3 Å². The highest BCUT2D eigenvalue weighted by Gasteiger charge is 2.21. The summed E-state index contributed by atoms with van der Waals surface area (Å²) in [5, 5.41) is 0. The molecular weight excluding hydrogens is 212 g/mol. The lowest BCUT2D eigenvalue weighted by atomic mass is 10.1. The molecule has 54 valence electrons. The highest BCUT2D eigenvalue weighted by molar-refractivity contribution is 9.11. The van der Waals surface area contributed by atoms with Gasteiger partial charge in [0.15, 0.2) is 0 Å². The lowest BCUT2D eigenvalue weighted by Gasteiger charge is -2.24. The zero-order chi connectivity index (χ0) is 6.97. The Morgan fingerprint density at radius 2 is 2.30 bits per heavy atom. The van der Waals surface area contributed by atoms with E-state index < -0.39 is 0 Å². The maximum absolute atomic E-state index is 5.09. The molecule has 0 amide bonds. The molecular formula is C7H7BrOS. The zero-order valence-corrected chi connectivity index (χ0v) is 7.74. The van der Waals surface area contributed by atoms with Crippen LogP contribution in [0.15, 0.2) is 15.9 Å². The first-order valence-corrected chi connectivity index (χ1v) is 4.80. The van der Waals surface area contributed by atoms with E-state index in [1.165, 1.54) is 8.66 Å². The van der Waals surface area contributed by atoms with Crippen LogP contribution in [0.4, 0.5) is 0 Å². The first kappa shape index (κ1) is 6.83. The normalized spacial score (nSPS) is 18.9. The average molecular weight is 219 g/mol. The summed E-state index contributed by atoms with van der Waals surface area (Å²) in [4.78, 5) is 1.44. The minimum atomic E-state index is 0.677. The first-order valence-electron chi connectivity index (χ1n) is 3.19. The molecule has 0 N–H and O–H groups in total. The summed E-state index contributed by atoms with van der Waals surface area (Å²) < 4.78 is 6.31. The van der Waals surface area contributed by atoms with E-state index in [0.29, 0.717) is 5.92 Å². The molecule has 2 heterocycles. The minimum Gasteiger partial charge on any atom is -0.380 e. The minimum absolute atomic E-state index is 0.677. The van der Waals surface area contributed by atoms with Crippen molar-refractivity contribution in [3.05, 3.63) is 20.8 Å². The Morgan fingerprint density at radius 1 is 1.50 bits per heavy atom. The van der Waals surface area contributed by atoms with Gasteiger partial charge in [-0.05, 0) is 28.1 Å². The van der Waals surface area contributed by atoms with E-state index in [1.54, 1.807) is 0 Å². The molecule has 3 heteroatoms. The van der Waals surface area contributed by atoms with Crippen LogP contribution >= 0.6 is 27.3 Å². The summed E-state index contributed by atoms with van der Waals surface area (Å²) in [5.41, 5.74) is 0. The second-order valence-electron chi connectivity index (χ2n) is 2.38. The Morgan fingerprint density at radius 3 is 2.70 bits per heavy atom. The molecule has 0 unspecified atom stereocenters. The van der Waals surface area contributed by atoms with Gasteiger partial charge in [-0.1, -0.05) is 0 Å². The second kappa shape index (κ2) is 2.64. The van der Waals surface area contributed by atoms with Crippen LogP contribution in [0.25, 0.3) is 0 Å². The maximum Gasteiger partial charge on any atom is 0.0701 e. The van der Waals surface area contributed by atoms with Gasteiger partial charge < -0.3 is 4.74 Å². The second-order valence-corrected chi connectivity index (χ2v) is 4.87. The molecule has 1 aromatic rings. The van der Waals surface area contributed by atoms with Crippen molar-refractivity contribution in [3.8, 4) is 0 Å². The van der Waals surface area contributed by atoms with Crippen molar-refractivity contribution in [2.45, 2.75) is 5.92 Å². The van der Waals surface area contributed by atoms with Crippen LogP contribution < -0.4 is 0 Å².